The quantitative estimate of drug-likeness (QED) is 0.844. The molecule has 0 aliphatic heterocycles. The molecule has 3 N–H and O–H groups in total. The van der Waals surface area contributed by atoms with E-state index in [0.717, 1.165) is 24.1 Å². The van der Waals surface area contributed by atoms with Gasteiger partial charge in [-0.1, -0.05) is 43.7 Å². The van der Waals surface area contributed by atoms with Crippen LogP contribution in [0.3, 0.4) is 0 Å². The second-order valence-corrected chi connectivity index (χ2v) is 4.83. The number of rotatable bonds is 6. The van der Waals surface area contributed by atoms with Gasteiger partial charge in [-0.25, -0.2) is 0 Å². The summed E-state index contributed by atoms with van der Waals surface area (Å²) in [4.78, 5) is 11.2. The summed E-state index contributed by atoms with van der Waals surface area (Å²) in [6.07, 6.45) is 2.18. The van der Waals surface area contributed by atoms with E-state index < -0.39 is 5.91 Å². The van der Waals surface area contributed by atoms with Crippen LogP contribution >= 0.6 is 0 Å². The molecule has 0 saturated heterocycles. The number of anilines is 1. The Hall–Kier alpha value is -2.29. The number of nitrogens with one attached hydrogen (secondary N) is 1. The van der Waals surface area contributed by atoms with Crippen LogP contribution in [0.2, 0.25) is 0 Å². The van der Waals surface area contributed by atoms with Gasteiger partial charge in [0.25, 0.3) is 0 Å². The number of primary amides is 1. The molecule has 0 atom stereocenters. The van der Waals surface area contributed by atoms with Crippen LogP contribution in [0.1, 0.15) is 34.8 Å². The molecule has 3 nitrogen and oxygen atoms in total. The minimum absolute atomic E-state index is 0.391. The van der Waals surface area contributed by atoms with Gasteiger partial charge < -0.3 is 11.1 Å². The molecule has 20 heavy (non-hydrogen) atoms. The average Bonchev–Trinajstić information content (AvgIpc) is 2.47. The molecule has 0 fully saturated rings. The zero-order chi connectivity index (χ0) is 14.4. The summed E-state index contributed by atoms with van der Waals surface area (Å²) in [7, 11) is 0. The fourth-order valence-corrected chi connectivity index (χ4v) is 2.21. The van der Waals surface area contributed by atoms with Crippen molar-refractivity contribution in [1.29, 1.82) is 0 Å². The zero-order valence-electron chi connectivity index (χ0n) is 11.7. The summed E-state index contributed by atoms with van der Waals surface area (Å²) in [6, 6.07) is 15.7. The summed E-state index contributed by atoms with van der Waals surface area (Å²) < 4.78 is 0. The minimum Gasteiger partial charge on any atom is -0.381 e. The monoisotopic (exact) mass is 268 g/mol. The molecule has 1 amide bonds. The second kappa shape index (κ2) is 6.75. The molecule has 0 aliphatic carbocycles. The maximum absolute atomic E-state index is 11.2. The maximum atomic E-state index is 11.2. The summed E-state index contributed by atoms with van der Waals surface area (Å²) in [5.41, 5.74) is 9.36. The lowest BCUT2D eigenvalue weighted by Crippen LogP contribution is -2.11. The third-order valence-corrected chi connectivity index (χ3v) is 3.23. The average molecular weight is 268 g/mol. The molecule has 2 rings (SSSR count). The van der Waals surface area contributed by atoms with E-state index >= 15 is 0 Å². The van der Waals surface area contributed by atoms with Crippen LogP contribution in [0.4, 0.5) is 5.69 Å². The molecule has 3 heteroatoms. The van der Waals surface area contributed by atoms with Crippen LogP contribution in [0, 0.1) is 0 Å². The smallest absolute Gasteiger partial charge is 0.248 e. The highest BCUT2D eigenvalue weighted by Crippen LogP contribution is 2.18. The first-order valence-electron chi connectivity index (χ1n) is 6.91. The van der Waals surface area contributed by atoms with Gasteiger partial charge >= 0.3 is 0 Å². The first-order valence-corrected chi connectivity index (χ1v) is 6.91. The van der Waals surface area contributed by atoms with E-state index in [1.54, 1.807) is 6.07 Å². The largest absolute Gasteiger partial charge is 0.381 e. The van der Waals surface area contributed by atoms with Gasteiger partial charge in [0.15, 0.2) is 0 Å². The van der Waals surface area contributed by atoms with E-state index in [0.29, 0.717) is 12.1 Å². The molecule has 104 valence electrons. The van der Waals surface area contributed by atoms with E-state index in [4.69, 9.17) is 5.73 Å². The molecular formula is C17H20N2O. The number of amides is 1. The van der Waals surface area contributed by atoms with Gasteiger partial charge in [0.1, 0.15) is 0 Å². The van der Waals surface area contributed by atoms with Crippen LogP contribution in [-0.2, 0) is 13.0 Å². The molecule has 0 bridgehead atoms. The Bertz CT molecular complexity index is 593. The highest BCUT2D eigenvalue weighted by molar-refractivity contribution is 5.92. The van der Waals surface area contributed by atoms with Crippen molar-refractivity contribution < 1.29 is 4.79 Å². The molecule has 0 aromatic heterocycles. The number of hydrogen-bond donors (Lipinski definition) is 2. The maximum Gasteiger partial charge on any atom is 0.248 e. The lowest BCUT2D eigenvalue weighted by Gasteiger charge is -2.12. The highest BCUT2D eigenvalue weighted by Gasteiger charge is 2.03. The van der Waals surface area contributed by atoms with E-state index in [-0.39, 0.29) is 0 Å². The normalized spacial score (nSPS) is 10.2. The van der Waals surface area contributed by atoms with Crippen molar-refractivity contribution in [2.75, 3.05) is 5.32 Å². The Labute approximate surface area is 119 Å². The summed E-state index contributed by atoms with van der Waals surface area (Å²) in [6.45, 7) is 2.86. The fraction of sp³-hybridized carbons (Fsp3) is 0.235. The van der Waals surface area contributed by atoms with Crippen molar-refractivity contribution in [3.8, 4) is 0 Å². The summed E-state index contributed by atoms with van der Waals surface area (Å²) in [5, 5.41) is 3.43. The Morgan fingerprint density at radius 3 is 2.70 bits per heavy atom. The van der Waals surface area contributed by atoms with Crippen molar-refractivity contribution in [3.05, 3.63) is 65.2 Å². The van der Waals surface area contributed by atoms with Gasteiger partial charge in [-0.3, -0.25) is 4.79 Å². The lowest BCUT2D eigenvalue weighted by molar-refractivity contribution is 0.1000. The Morgan fingerprint density at radius 2 is 1.95 bits per heavy atom. The van der Waals surface area contributed by atoms with Crippen LogP contribution in [0.5, 0.6) is 0 Å². The standard InChI is InChI=1S/C17H20N2O/c1-2-6-14-8-3-4-10-16(14)19-12-13-7-5-9-15(11-13)17(18)20/h3-5,7-11,19H,2,6,12H2,1H3,(H2,18,20). The van der Waals surface area contributed by atoms with Crippen molar-refractivity contribution in [3.63, 3.8) is 0 Å². The zero-order valence-corrected chi connectivity index (χ0v) is 11.7. The summed E-state index contributed by atoms with van der Waals surface area (Å²) in [5.74, 6) is -0.391. The number of nitrogens with two attached hydrogens (primary N) is 1. The van der Waals surface area contributed by atoms with Gasteiger partial charge in [0.2, 0.25) is 5.91 Å². The van der Waals surface area contributed by atoms with E-state index in [1.807, 2.05) is 24.3 Å². The van der Waals surface area contributed by atoms with Crippen molar-refractivity contribution in [2.45, 2.75) is 26.3 Å². The molecule has 0 unspecified atom stereocenters. The molecule has 0 aliphatic rings. The van der Waals surface area contributed by atoms with E-state index in [9.17, 15) is 4.79 Å². The van der Waals surface area contributed by atoms with Gasteiger partial charge in [-0.2, -0.15) is 0 Å². The molecule has 0 heterocycles. The fourth-order valence-electron chi connectivity index (χ4n) is 2.21. The molecule has 2 aromatic rings. The SMILES string of the molecule is CCCc1ccccc1NCc1cccc(C(N)=O)c1. The van der Waals surface area contributed by atoms with E-state index in [1.165, 1.54) is 5.56 Å². The summed E-state index contributed by atoms with van der Waals surface area (Å²) >= 11 is 0. The van der Waals surface area contributed by atoms with Crippen molar-refractivity contribution >= 4 is 11.6 Å². The number of hydrogen-bond acceptors (Lipinski definition) is 2. The Balaban J connectivity index is 2.09. The second-order valence-electron chi connectivity index (χ2n) is 4.83. The van der Waals surface area contributed by atoms with E-state index in [2.05, 4.69) is 30.4 Å². The first kappa shape index (κ1) is 14.1. The molecule has 0 radical (unpaired) electrons. The molecule has 0 saturated carbocycles. The van der Waals surface area contributed by atoms with Crippen LogP contribution in [0.15, 0.2) is 48.5 Å². The predicted octanol–water partition coefficient (Wildman–Crippen LogP) is 3.35. The Kier molecular flexibility index (Phi) is 4.77. The van der Waals surface area contributed by atoms with Gasteiger partial charge in [0.05, 0.1) is 0 Å². The highest BCUT2D eigenvalue weighted by atomic mass is 16.1. The number of para-hydroxylation sites is 1. The van der Waals surface area contributed by atoms with Crippen LogP contribution < -0.4 is 11.1 Å². The number of benzene rings is 2. The molecular weight excluding hydrogens is 248 g/mol. The molecule has 0 spiro atoms. The first-order chi connectivity index (χ1) is 9.70. The van der Waals surface area contributed by atoms with Gasteiger partial charge in [-0.15, -0.1) is 0 Å². The van der Waals surface area contributed by atoms with Crippen LogP contribution in [0.25, 0.3) is 0 Å². The third kappa shape index (κ3) is 3.60. The number of carbonyl (C=O) groups excluding carboxylic acids is 1. The lowest BCUT2D eigenvalue weighted by atomic mass is 10.1. The van der Waals surface area contributed by atoms with Crippen LogP contribution in [-0.4, -0.2) is 5.91 Å². The van der Waals surface area contributed by atoms with Crippen molar-refractivity contribution in [2.24, 2.45) is 5.73 Å². The third-order valence-electron chi connectivity index (χ3n) is 3.23. The van der Waals surface area contributed by atoms with Crippen molar-refractivity contribution in [1.82, 2.24) is 0 Å². The molecule has 2 aromatic carbocycles. The minimum atomic E-state index is -0.391. The Morgan fingerprint density at radius 1 is 1.15 bits per heavy atom. The number of carbonyl (C=O) groups is 1. The predicted molar refractivity (Wildman–Crippen MR) is 82.7 cm³/mol. The van der Waals surface area contributed by atoms with Gasteiger partial charge in [0, 0.05) is 17.8 Å². The van der Waals surface area contributed by atoms with Gasteiger partial charge in [-0.05, 0) is 35.7 Å². The topological polar surface area (TPSA) is 55.1 Å². The number of aryl methyl sites for hydroxylation is 1.